The summed E-state index contributed by atoms with van der Waals surface area (Å²) in [6.07, 6.45) is 0.441. The molecule has 6 nitrogen and oxygen atoms in total. The molecule has 3 rings (SSSR count). The summed E-state index contributed by atoms with van der Waals surface area (Å²) >= 11 is 0. The van der Waals surface area contributed by atoms with Crippen LogP contribution in [0.15, 0.2) is 53.1 Å². The van der Waals surface area contributed by atoms with Crippen molar-refractivity contribution in [2.75, 3.05) is 12.4 Å². The lowest BCUT2D eigenvalue weighted by Gasteiger charge is -2.03. The van der Waals surface area contributed by atoms with Gasteiger partial charge in [-0.2, -0.15) is 4.98 Å². The Kier molecular flexibility index (Phi) is 4.56. The van der Waals surface area contributed by atoms with Crippen LogP contribution in [-0.4, -0.2) is 23.2 Å². The van der Waals surface area contributed by atoms with E-state index in [2.05, 4.69) is 15.5 Å². The monoisotopic (exact) mass is 323 g/mol. The summed E-state index contributed by atoms with van der Waals surface area (Å²) < 4.78 is 10.5. The van der Waals surface area contributed by atoms with Crippen molar-refractivity contribution < 1.29 is 14.1 Å². The molecule has 0 spiro atoms. The smallest absolute Gasteiger partial charge is 0.258 e. The van der Waals surface area contributed by atoms with E-state index < -0.39 is 0 Å². The fourth-order valence-electron chi connectivity index (χ4n) is 2.14. The Balaban J connectivity index is 1.78. The molecule has 0 saturated carbocycles. The highest BCUT2D eigenvalue weighted by molar-refractivity contribution is 5.90. The molecule has 1 amide bonds. The number of methoxy groups -OCH3 is 1. The van der Waals surface area contributed by atoms with Crippen molar-refractivity contribution in [3.8, 4) is 28.6 Å². The summed E-state index contributed by atoms with van der Waals surface area (Å²) in [5, 5.41) is 6.80. The number of carbonyl (C=O) groups is 1. The van der Waals surface area contributed by atoms with Gasteiger partial charge in [-0.15, -0.1) is 0 Å². The van der Waals surface area contributed by atoms with E-state index in [0.717, 1.165) is 22.6 Å². The third kappa shape index (κ3) is 3.43. The molecule has 1 N–H and O–H groups in total. The molecule has 1 aromatic heterocycles. The highest BCUT2D eigenvalue weighted by atomic mass is 16.5. The predicted molar refractivity (Wildman–Crippen MR) is 90.6 cm³/mol. The minimum Gasteiger partial charge on any atom is -0.497 e. The van der Waals surface area contributed by atoms with Crippen LogP contribution in [0.4, 0.5) is 5.69 Å². The zero-order valence-corrected chi connectivity index (χ0v) is 13.4. The quantitative estimate of drug-likeness (QED) is 0.773. The average molecular weight is 323 g/mol. The highest BCUT2D eigenvalue weighted by Crippen LogP contribution is 2.24. The summed E-state index contributed by atoms with van der Waals surface area (Å²) in [7, 11) is 1.62. The van der Waals surface area contributed by atoms with E-state index >= 15 is 0 Å². The summed E-state index contributed by atoms with van der Waals surface area (Å²) in [6, 6.07) is 14.7. The average Bonchev–Trinajstić information content (AvgIpc) is 3.12. The zero-order valence-electron chi connectivity index (χ0n) is 13.4. The minimum atomic E-state index is -0.0256. The fourth-order valence-corrected chi connectivity index (χ4v) is 2.14. The van der Waals surface area contributed by atoms with Crippen LogP contribution in [0.5, 0.6) is 5.75 Å². The lowest BCUT2D eigenvalue weighted by atomic mass is 10.2. The van der Waals surface area contributed by atoms with Crippen LogP contribution < -0.4 is 10.1 Å². The van der Waals surface area contributed by atoms with Crippen LogP contribution in [0.3, 0.4) is 0 Å². The summed E-state index contributed by atoms with van der Waals surface area (Å²) in [5.74, 6) is 1.68. The Bertz CT molecular complexity index is 823. The van der Waals surface area contributed by atoms with Crippen molar-refractivity contribution in [1.82, 2.24) is 10.1 Å². The van der Waals surface area contributed by atoms with E-state index in [1.165, 1.54) is 0 Å². The van der Waals surface area contributed by atoms with Gasteiger partial charge in [0.15, 0.2) is 0 Å². The Hall–Kier alpha value is -3.15. The van der Waals surface area contributed by atoms with Crippen LogP contribution in [0.2, 0.25) is 0 Å². The standard InChI is InChI=1S/C18H17N3O3/c1-3-16(22)19-14-8-4-13(5-9-14)18-20-17(21-24-18)12-6-10-15(23-2)11-7-12/h4-11H,3H2,1-2H3,(H,19,22). The van der Waals surface area contributed by atoms with Gasteiger partial charge in [0.2, 0.25) is 11.7 Å². The SMILES string of the molecule is CCC(=O)Nc1ccc(-c2nc(-c3ccc(OC)cc3)no2)cc1. The molecule has 24 heavy (non-hydrogen) atoms. The Morgan fingerprint density at radius 1 is 1.08 bits per heavy atom. The summed E-state index contributed by atoms with van der Waals surface area (Å²) in [4.78, 5) is 15.8. The number of amides is 1. The second kappa shape index (κ2) is 6.95. The van der Waals surface area contributed by atoms with Crippen molar-refractivity contribution in [2.24, 2.45) is 0 Å². The van der Waals surface area contributed by atoms with Crippen LogP contribution in [0.25, 0.3) is 22.8 Å². The van der Waals surface area contributed by atoms with Crippen molar-refractivity contribution >= 4 is 11.6 Å². The molecule has 6 heteroatoms. The molecule has 1 heterocycles. The maximum absolute atomic E-state index is 11.4. The molecule has 0 atom stereocenters. The first-order chi connectivity index (χ1) is 11.7. The van der Waals surface area contributed by atoms with Gasteiger partial charge in [-0.25, -0.2) is 0 Å². The number of carbonyl (C=O) groups excluding carboxylic acids is 1. The van der Waals surface area contributed by atoms with Gasteiger partial charge in [-0.1, -0.05) is 12.1 Å². The highest BCUT2D eigenvalue weighted by Gasteiger charge is 2.11. The Morgan fingerprint density at radius 2 is 1.75 bits per heavy atom. The molecule has 0 fully saturated rings. The molecule has 0 bridgehead atoms. The molecular formula is C18H17N3O3. The van der Waals surface area contributed by atoms with E-state index in [-0.39, 0.29) is 5.91 Å². The number of benzene rings is 2. The molecule has 122 valence electrons. The van der Waals surface area contributed by atoms with Gasteiger partial charge in [0.25, 0.3) is 5.89 Å². The molecule has 0 aliphatic carbocycles. The number of anilines is 1. The minimum absolute atomic E-state index is 0.0256. The first-order valence-corrected chi connectivity index (χ1v) is 7.58. The van der Waals surface area contributed by atoms with Crippen LogP contribution >= 0.6 is 0 Å². The van der Waals surface area contributed by atoms with Gasteiger partial charge in [-0.3, -0.25) is 4.79 Å². The van der Waals surface area contributed by atoms with Crippen molar-refractivity contribution in [1.29, 1.82) is 0 Å². The first-order valence-electron chi connectivity index (χ1n) is 7.58. The largest absolute Gasteiger partial charge is 0.497 e. The number of nitrogens with one attached hydrogen (secondary N) is 1. The second-order valence-corrected chi connectivity index (χ2v) is 5.13. The number of hydrogen-bond acceptors (Lipinski definition) is 5. The van der Waals surface area contributed by atoms with Crippen LogP contribution in [0.1, 0.15) is 13.3 Å². The van der Waals surface area contributed by atoms with Gasteiger partial charge in [0.05, 0.1) is 7.11 Å². The zero-order chi connectivity index (χ0) is 16.9. The molecule has 0 aliphatic rings. The van der Waals surface area contributed by atoms with E-state index in [0.29, 0.717) is 18.1 Å². The molecule has 2 aromatic carbocycles. The van der Waals surface area contributed by atoms with Crippen LogP contribution in [-0.2, 0) is 4.79 Å². The summed E-state index contributed by atoms with van der Waals surface area (Å²) in [5.41, 5.74) is 2.37. The fraction of sp³-hybridized carbons (Fsp3) is 0.167. The number of aromatic nitrogens is 2. The normalized spacial score (nSPS) is 10.4. The lowest BCUT2D eigenvalue weighted by Crippen LogP contribution is -2.08. The molecule has 3 aromatic rings. The maximum Gasteiger partial charge on any atom is 0.258 e. The van der Waals surface area contributed by atoms with Crippen molar-refractivity contribution in [3.05, 3.63) is 48.5 Å². The Labute approximate surface area is 139 Å². The van der Waals surface area contributed by atoms with Crippen LogP contribution in [0, 0.1) is 0 Å². The Morgan fingerprint density at radius 3 is 2.38 bits per heavy atom. The number of rotatable bonds is 5. The van der Waals surface area contributed by atoms with Crippen molar-refractivity contribution in [2.45, 2.75) is 13.3 Å². The third-order valence-electron chi connectivity index (χ3n) is 3.51. The predicted octanol–water partition coefficient (Wildman–Crippen LogP) is 3.76. The molecule has 0 saturated heterocycles. The second-order valence-electron chi connectivity index (χ2n) is 5.13. The maximum atomic E-state index is 11.4. The number of hydrogen-bond donors (Lipinski definition) is 1. The van der Waals surface area contributed by atoms with Gasteiger partial charge in [-0.05, 0) is 48.5 Å². The topological polar surface area (TPSA) is 77.2 Å². The molecule has 0 radical (unpaired) electrons. The molecule has 0 aliphatic heterocycles. The lowest BCUT2D eigenvalue weighted by molar-refractivity contribution is -0.115. The first kappa shape index (κ1) is 15.7. The van der Waals surface area contributed by atoms with E-state index in [4.69, 9.17) is 9.26 Å². The molecular weight excluding hydrogens is 306 g/mol. The van der Waals surface area contributed by atoms with E-state index in [1.54, 1.807) is 19.2 Å². The van der Waals surface area contributed by atoms with Gasteiger partial charge >= 0.3 is 0 Å². The molecule has 0 unspecified atom stereocenters. The number of ether oxygens (including phenoxy) is 1. The van der Waals surface area contributed by atoms with Crippen molar-refractivity contribution in [3.63, 3.8) is 0 Å². The number of nitrogens with zero attached hydrogens (tertiary/aromatic N) is 2. The van der Waals surface area contributed by atoms with Gasteiger partial charge < -0.3 is 14.6 Å². The summed E-state index contributed by atoms with van der Waals surface area (Å²) in [6.45, 7) is 1.81. The van der Waals surface area contributed by atoms with Gasteiger partial charge in [0.1, 0.15) is 5.75 Å². The van der Waals surface area contributed by atoms with E-state index in [1.807, 2.05) is 43.3 Å². The third-order valence-corrected chi connectivity index (χ3v) is 3.51. The van der Waals surface area contributed by atoms with Gasteiger partial charge in [0, 0.05) is 23.2 Å². The van der Waals surface area contributed by atoms with E-state index in [9.17, 15) is 4.79 Å².